The highest BCUT2D eigenvalue weighted by Crippen LogP contribution is 2.29. The fourth-order valence-electron chi connectivity index (χ4n) is 2.64. The summed E-state index contributed by atoms with van der Waals surface area (Å²) >= 11 is 1.67. The molecular formula is C21H23ClFNO2S. The minimum absolute atomic E-state index is 0. The third kappa shape index (κ3) is 6.24. The Hall–Kier alpha value is -2.08. The van der Waals surface area contributed by atoms with Gasteiger partial charge in [0.1, 0.15) is 12.4 Å². The molecule has 0 aliphatic rings. The van der Waals surface area contributed by atoms with Crippen molar-refractivity contribution in [2.75, 3.05) is 13.7 Å². The van der Waals surface area contributed by atoms with Gasteiger partial charge in [0.05, 0.1) is 7.11 Å². The molecule has 2 aromatic carbocycles. The van der Waals surface area contributed by atoms with E-state index in [9.17, 15) is 4.39 Å². The number of halogens is 2. The summed E-state index contributed by atoms with van der Waals surface area (Å²) in [5.41, 5.74) is 1.83. The third-order valence-corrected chi connectivity index (χ3v) is 4.89. The number of hydrogen-bond acceptors (Lipinski definition) is 4. The number of rotatable bonds is 9. The van der Waals surface area contributed by atoms with Gasteiger partial charge in [-0.05, 0) is 53.7 Å². The lowest BCUT2D eigenvalue weighted by Crippen LogP contribution is -2.17. The molecule has 3 aromatic rings. The summed E-state index contributed by atoms with van der Waals surface area (Å²) < 4.78 is 24.9. The zero-order chi connectivity index (χ0) is 18.2. The summed E-state index contributed by atoms with van der Waals surface area (Å²) in [5, 5.41) is 5.37. The average molecular weight is 408 g/mol. The van der Waals surface area contributed by atoms with Crippen LogP contribution in [0.2, 0.25) is 0 Å². The lowest BCUT2D eigenvalue weighted by Gasteiger charge is -2.12. The molecule has 0 radical (unpaired) electrons. The minimum Gasteiger partial charge on any atom is -0.493 e. The van der Waals surface area contributed by atoms with Crippen molar-refractivity contribution < 1.29 is 13.9 Å². The van der Waals surface area contributed by atoms with Crippen LogP contribution in [0, 0.1) is 5.82 Å². The summed E-state index contributed by atoms with van der Waals surface area (Å²) in [6.45, 7) is 1.93. The molecule has 0 bridgehead atoms. The molecular weight excluding hydrogens is 385 g/mol. The average Bonchev–Trinajstić information content (AvgIpc) is 3.19. The first-order chi connectivity index (χ1) is 12.8. The fourth-order valence-corrected chi connectivity index (χ4v) is 3.26. The lowest BCUT2D eigenvalue weighted by molar-refractivity contribution is 0.287. The lowest BCUT2D eigenvalue weighted by atomic mass is 10.1. The zero-order valence-corrected chi connectivity index (χ0v) is 16.7. The Bertz CT molecular complexity index is 827. The van der Waals surface area contributed by atoms with Crippen molar-refractivity contribution >= 4 is 23.7 Å². The van der Waals surface area contributed by atoms with Crippen LogP contribution >= 0.6 is 23.7 Å². The Balaban J connectivity index is 0.00000261. The molecule has 144 valence electrons. The molecule has 0 saturated carbocycles. The molecule has 0 amide bonds. The quantitative estimate of drug-likeness (QED) is 0.493. The van der Waals surface area contributed by atoms with Gasteiger partial charge in [0.15, 0.2) is 11.5 Å². The summed E-state index contributed by atoms with van der Waals surface area (Å²) in [6.07, 6.45) is 0.659. The van der Waals surface area contributed by atoms with Crippen molar-refractivity contribution in [3.8, 4) is 11.5 Å². The van der Waals surface area contributed by atoms with Gasteiger partial charge in [-0.2, -0.15) is 0 Å². The number of ether oxygens (including phenoxy) is 2. The van der Waals surface area contributed by atoms with E-state index < -0.39 is 0 Å². The van der Waals surface area contributed by atoms with E-state index in [1.54, 1.807) is 24.5 Å². The van der Waals surface area contributed by atoms with Crippen LogP contribution in [0.1, 0.15) is 16.0 Å². The van der Waals surface area contributed by atoms with Gasteiger partial charge < -0.3 is 14.8 Å². The Kier molecular flexibility index (Phi) is 8.58. The van der Waals surface area contributed by atoms with Gasteiger partial charge in [-0.25, -0.2) is 4.39 Å². The Labute approximate surface area is 169 Å². The van der Waals surface area contributed by atoms with Gasteiger partial charge in [-0.1, -0.05) is 30.3 Å². The Morgan fingerprint density at radius 1 is 1.04 bits per heavy atom. The molecule has 0 unspecified atom stereocenters. The highest BCUT2D eigenvalue weighted by Gasteiger charge is 2.07. The largest absolute Gasteiger partial charge is 0.493 e. The monoisotopic (exact) mass is 407 g/mol. The summed E-state index contributed by atoms with van der Waals surface area (Å²) in [7, 11) is 1.64. The molecule has 0 atom stereocenters. The second-order valence-electron chi connectivity index (χ2n) is 5.87. The first-order valence-corrected chi connectivity index (χ1v) is 9.40. The first-order valence-electron chi connectivity index (χ1n) is 8.52. The number of methoxy groups -OCH3 is 1. The van der Waals surface area contributed by atoms with Gasteiger partial charge in [0.25, 0.3) is 0 Å². The molecule has 1 N–H and O–H groups in total. The van der Waals surface area contributed by atoms with E-state index in [0.717, 1.165) is 22.6 Å². The van der Waals surface area contributed by atoms with E-state index in [1.165, 1.54) is 10.9 Å². The van der Waals surface area contributed by atoms with E-state index in [-0.39, 0.29) is 18.2 Å². The third-order valence-electron chi connectivity index (χ3n) is 4.04. The van der Waals surface area contributed by atoms with Gasteiger partial charge in [-0.3, -0.25) is 0 Å². The summed E-state index contributed by atoms with van der Waals surface area (Å²) in [5.74, 6) is 1.30. The minimum atomic E-state index is -0.150. The maximum Gasteiger partial charge on any atom is 0.161 e. The highest BCUT2D eigenvalue weighted by molar-refractivity contribution is 7.09. The standard InChI is InChI=1S/C21H22FNO2S.ClH/c1-24-21-13-16(8-9-20(21)25-15-18-6-4-12-26-18)14-23-11-10-17-5-2-3-7-19(17)22;/h2-9,12-13,23H,10-11,14-15H2,1H3;1H. The molecule has 1 heterocycles. The molecule has 0 spiro atoms. The molecule has 0 fully saturated rings. The maximum atomic E-state index is 13.6. The normalized spacial score (nSPS) is 10.3. The van der Waals surface area contributed by atoms with E-state index in [0.29, 0.717) is 26.1 Å². The molecule has 0 saturated heterocycles. The van der Waals surface area contributed by atoms with Gasteiger partial charge >= 0.3 is 0 Å². The van der Waals surface area contributed by atoms with E-state index in [1.807, 2.05) is 47.8 Å². The Morgan fingerprint density at radius 2 is 1.89 bits per heavy atom. The predicted molar refractivity (Wildman–Crippen MR) is 111 cm³/mol. The molecule has 27 heavy (non-hydrogen) atoms. The van der Waals surface area contributed by atoms with Crippen LogP contribution in [0.4, 0.5) is 4.39 Å². The van der Waals surface area contributed by atoms with E-state index in [4.69, 9.17) is 9.47 Å². The van der Waals surface area contributed by atoms with Crippen molar-refractivity contribution in [3.05, 3.63) is 81.8 Å². The second-order valence-corrected chi connectivity index (χ2v) is 6.90. The van der Waals surface area contributed by atoms with Crippen LogP contribution in [0.3, 0.4) is 0 Å². The van der Waals surface area contributed by atoms with E-state index >= 15 is 0 Å². The van der Waals surface area contributed by atoms with Crippen LogP contribution in [0.15, 0.2) is 60.0 Å². The highest BCUT2D eigenvalue weighted by atomic mass is 35.5. The van der Waals surface area contributed by atoms with Crippen LogP contribution in [0.5, 0.6) is 11.5 Å². The van der Waals surface area contributed by atoms with Gasteiger partial charge in [-0.15, -0.1) is 23.7 Å². The van der Waals surface area contributed by atoms with E-state index in [2.05, 4.69) is 5.32 Å². The predicted octanol–water partition coefficient (Wildman–Crippen LogP) is 5.23. The molecule has 0 aliphatic heterocycles. The van der Waals surface area contributed by atoms with Gasteiger partial charge in [0.2, 0.25) is 0 Å². The molecule has 1 aromatic heterocycles. The van der Waals surface area contributed by atoms with Crippen LogP contribution in [-0.4, -0.2) is 13.7 Å². The van der Waals surface area contributed by atoms with Crippen molar-refractivity contribution in [2.24, 2.45) is 0 Å². The Morgan fingerprint density at radius 3 is 2.63 bits per heavy atom. The maximum absolute atomic E-state index is 13.6. The summed E-state index contributed by atoms with van der Waals surface area (Å²) in [6, 6.07) is 16.9. The summed E-state index contributed by atoms with van der Waals surface area (Å²) in [4.78, 5) is 1.17. The van der Waals surface area contributed by atoms with Crippen molar-refractivity contribution in [3.63, 3.8) is 0 Å². The smallest absolute Gasteiger partial charge is 0.161 e. The zero-order valence-electron chi connectivity index (χ0n) is 15.1. The SMILES string of the molecule is COc1cc(CNCCc2ccccc2F)ccc1OCc1cccs1.Cl. The van der Waals surface area contributed by atoms with Crippen LogP contribution in [-0.2, 0) is 19.6 Å². The van der Waals surface area contributed by atoms with Crippen molar-refractivity contribution in [1.82, 2.24) is 5.32 Å². The number of benzene rings is 2. The number of thiophene rings is 1. The molecule has 6 heteroatoms. The van der Waals surface area contributed by atoms with Gasteiger partial charge in [0, 0.05) is 11.4 Å². The van der Waals surface area contributed by atoms with Crippen molar-refractivity contribution in [1.29, 1.82) is 0 Å². The van der Waals surface area contributed by atoms with Crippen LogP contribution < -0.4 is 14.8 Å². The molecule has 3 rings (SSSR count). The molecule has 3 nitrogen and oxygen atoms in total. The molecule has 0 aliphatic carbocycles. The number of hydrogen-bond donors (Lipinski definition) is 1. The number of nitrogens with one attached hydrogen (secondary N) is 1. The van der Waals surface area contributed by atoms with Crippen LogP contribution in [0.25, 0.3) is 0 Å². The first kappa shape index (κ1) is 21.2. The second kappa shape index (κ2) is 10.9. The topological polar surface area (TPSA) is 30.5 Å². The fraction of sp³-hybridized carbons (Fsp3) is 0.238. The van der Waals surface area contributed by atoms with Crippen molar-refractivity contribution in [2.45, 2.75) is 19.6 Å².